The molecule has 1 fully saturated rings. The molecular weight excluding hydrogens is 540 g/mol. The monoisotopic (exact) mass is 582 g/mol. The Morgan fingerprint density at radius 3 is 1.26 bits per heavy atom. The highest BCUT2D eigenvalue weighted by molar-refractivity contribution is 5.16. The van der Waals surface area contributed by atoms with Crippen LogP contribution in [0.2, 0.25) is 0 Å². The molecule has 4 aromatic rings. The van der Waals surface area contributed by atoms with E-state index in [0.29, 0.717) is 26.4 Å². The lowest BCUT2D eigenvalue weighted by Crippen LogP contribution is -2.64. The number of hydrogen-bond acceptors (Lipinski definition) is 6. The molecule has 0 spiro atoms. The Morgan fingerprint density at radius 1 is 0.512 bits per heavy atom. The highest BCUT2D eigenvalue weighted by Crippen LogP contribution is 2.34. The largest absolute Gasteiger partial charge is 0.390 e. The molecule has 4 aromatic carbocycles. The third-order valence-corrected chi connectivity index (χ3v) is 7.66. The van der Waals surface area contributed by atoms with Crippen molar-refractivity contribution in [2.75, 3.05) is 0 Å². The molecule has 1 saturated heterocycles. The van der Waals surface area contributed by atoms with E-state index < -0.39 is 36.8 Å². The normalized spacial score (nSPS) is 22.8. The van der Waals surface area contributed by atoms with Gasteiger partial charge in [-0.1, -0.05) is 135 Å². The van der Waals surface area contributed by atoms with Gasteiger partial charge in [0.15, 0.2) is 6.29 Å². The first-order valence-electron chi connectivity index (χ1n) is 15.0. The van der Waals surface area contributed by atoms with Crippen LogP contribution in [0.15, 0.2) is 121 Å². The Morgan fingerprint density at radius 2 is 0.860 bits per heavy atom. The predicted molar refractivity (Wildman–Crippen MR) is 166 cm³/mol. The van der Waals surface area contributed by atoms with Crippen molar-refractivity contribution < 1.29 is 28.8 Å². The summed E-state index contributed by atoms with van der Waals surface area (Å²) >= 11 is 0. The highest BCUT2D eigenvalue weighted by atomic mass is 16.7. The molecule has 0 aromatic heterocycles. The van der Waals surface area contributed by atoms with Crippen LogP contribution in [0.4, 0.5) is 0 Å². The average Bonchev–Trinajstić information content (AvgIpc) is 3.06. The van der Waals surface area contributed by atoms with Crippen molar-refractivity contribution in [3.05, 3.63) is 144 Å². The van der Waals surface area contributed by atoms with Gasteiger partial charge in [0.2, 0.25) is 0 Å². The summed E-state index contributed by atoms with van der Waals surface area (Å²) in [5.41, 5.74) is 4.09. The van der Waals surface area contributed by atoms with Gasteiger partial charge in [0.05, 0.1) is 32.5 Å². The maximum absolute atomic E-state index is 11.5. The predicted octanol–water partition coefficient (Wildman–Crippen LogP) is 6.70. The van der Waals surface area contributed by atoms with Crippen molar-refractivity contribution in [1.29, 1.82) is 0 Å². The van der Waals surface area contributed by atoms with Crippen LogP contribution in [0.25, 0.3) is 0 Å². The van der Waals surface area contributed by atoms with Crippen LogP contribution < -0.4 is 0 Å². The fourth-order valence-corrected chi connectivity index (χ4v) is 5.23. The molecule has 0 bridgehead atoms. The minimum atomic E-state index is -0.818. The summed E-state index contributed by atoms with van der Waals surface area (Å²) < 4.78 is 32.9. The van der Waals surface area contributed by atoms with E-state index in [1.807, 2.05) is 135 Å². The summed E-state index contributed by atoms with van der Waals surface area (Å²) in [6.45, 7) is 5.29. The molecule has 5 rings (SSSR count). The maximum atomic E-state index is 11.5. The Kier molecular flexibility index (Phi) is 11.5. The summed E-state index contributed by atoms with van der Waals surface area (Å²) in [6.07, 6.45) is -4.19. The maximum Gasteiger partial charge on any atom is 0.187 e. The third-order valence-electron chi connectivity index (χ3n) is 7.66. The number of rotatable bonds is 14. The van der Waals surface area contributed by atoms with Crippen molar-refractivity contribution in [3.63, 3.8) is 0 Å². The molecule has 0 saturated carbocycles. The Balaban J connectivity index is 1.47. The quantitative estimate of drug-likeness (QED) is 0.179. The first-order chi connectivity index (χ1) is 21.1. The fourth-order valence-electron chi connectivity index (χ4n) is 5.23. The molecule has 1 N–H and O–H groups in total. The molecule has 0 radical (unpaired) electrons. The molecule has 43 heavy (non-hydrogen) atoms. The smallest absolute Gasteiger partial charge is 0.187 e. The Labute approximate surface area is 255 Å². The summed E-state index contributed by atoms with van der Waals surface area (Å²) in [5, 5.41) is 11.5. The summed E-state index contributed by atoms with van der Waals surface area (Å²) in [7, 11) is 0. The summed E-state index contributed by atoms with van der Waals surface area (Å²) in [4.78, 5) is 0. The number of aliphatic hydroxyl groups is 1. The molecule has 1 aliphatic heterocycles. The van der Waals surface area contributed by atoms with E-state index in [0.717, 1.165) is 22.3 Å². The molecule has 6 heteroatoms. The van der Waals surface area contributed by atoms with E-state index >= 15 is 0 Å². The summed E-state index contributed by atoms with van der Waals surface area (Å²) in [6, 6.07) is 40.0. The average molecular weight is 583 g/mol. The molecule has 6 nitrogen and oxygen atoms in total. The van der Waals surface area contributed by atoms with Gasteiger partial charge in [0, 0.05) is 0 Å². The van der Waals surface area contributed by atoms with E-state index in [9.17, 15) is 5.11 Å². The van der Waals surface area contributed by atoms with Gasteiger partial charge >= 0.3 is 0 Å². The van der Waals surface area contributed by atoms with Crippen LogP contribution in [0, 0.1) is 5.92 Å². The van der Waals surface area contributed by atoms with Crippen LogP contribution in [0.5, 0.6) is 0 Å². The van der Waals surface area contributed by atoms with Crippen LogP contribution in [-0.4, -0.2) is 41.9 Å². The first kappa shape index (κ1) is 31.1. The van der Waals surface area contributed by atoms with Gasteiger partial charge in [0.25, 0.3) is 0 Å². The van der Waals surface area contributed by atoms with Crippen molar-refractivity contribution in [2.24, 2.45) is 5.92 Å². The molecule has 226 valence electrons. The van der Waals surface area contributed by atoms with E-state index in [2.05, 4.69) is 0 Å². The molecule has 1 aliphatic rings. The van der Waals surface area contributed by atoms with E-state index in [1.54, 1.807) is 0 Å². The topological polar surface area (TPSA) is 66.4 Å². The first-order valence-corrected chi connectivity index (χ1v) is 15.0. The number of ether oxygens (including phenoxy) is 5. The number of benzene rings is 4. The lowest BCUT2D eigenvalue weighted by Gasteiger charge is -2.47. The van der Waals surface area contributed by atoms with E-state index in [1.165, 1.54) is 0 Å². The van der Waals surface area contributed by atoms with Crippen LogP contribution in [0.3, 0.4) is 0 Å². The SMILES string of the molecule is CC(C)C(O)C1O[C@H](OCc2ccccc2)C(OCc2ccccc2)C(OCc2ccccc2)[C@@H]1OCc1ccccc1. The minimum Gasteiger partial charge on any atom is -0.390 e. The highest BCUT2D eigenvalue weighted by Gasteiger charge is 2.51. The second kappa shape index (κ2) is 15.9. The van der Waals surface area contributed by atoms with Crippen molar-refractivity contribution in [3.8, 4) is 0 Å². The van der Waals surface area contributed by atoms with Gasteiger partial charge in [-0.3, -0.25) is 0 Å². The van der Waals surface area contributed by atoms with Gasteiger partial charge in [0.1, 0.15) is 24.4 Å². The fraction of sp³-hybridized carbons (Fsp3) is 0.351. The van der Waals surface area contributed by atoms with Crippen molar-refractivity contribution in [1.82, 2.24) is 0 Å². The molecule has 0 aliphatic carbocycles. The second-order valence-corrected chi connectivity index (χ2v) is 11.3. The van der Waals surface area contributed by atoms with E-state index in [4.69, 9.17) is 23.7 Å². The molecule has 1 heterocycles. The lowest BCUT2D eigenvalue weighted by atomic mass is 9.90. The van der Waals surface area contributed by atoms with Gasteiger partial charge in [-0.15, -0.1) is 0 Å². The molecular formula is C37H42O6. The van der Waals surface area contributed by atoms with Gasteiger partial charge < -0.3 is 28.8 Å². The molecule has 6 atom stereocenters. The zero-order valence-electron chi connectivity index (χ0n) is 24.9. The molecule has 4 unspecified atom stereocenters. The van der Waals surface area contributed by atoms with Gasteiger partial charge in [-0.05, 0) is 28.2 Å². The van der Waals surface area contributed by atoms with Crippen LogP contribution >= 0.6 is 0 Å². The van der Waals surface area contributed by atoms with Gasteiger partial charge in [-0.2, -0.15) is 0 Å². The standard InChI is InChI=1S/C37H42O6/c1-27(2)32(38)33-34(39-23-28-15-7-3-8-16-28)35(40-24-29-17-9-4-10-18-29)36(41-25-30-19-11-5-12-20-30)37(43-33)42-26-31-21-13-6-14-22-31/h3-22,27,32-38H,23-26H2,1-2H3/t32?,33?,34-,35?,36?,37+/m1/s1. The van der Waals surface area contributed by atoms with Crippen molar-refractivity contribution in [2.45, 2.75) is 77.1 Å². The Bertz CT molecular complexity index is 1320. The van der Waals surface area contributed by atoms with Crippen LogP contribution in [0.1, 0.15) is 36.1 Å². The number of aliphatic hydroxyl groups excluding tert-OH is 1. The van der Waals surface area contributed by atoms with Gasteiger partial charge in [-0.25, -0.2) is 0 Å². The van der Waals surface area contributed by atoms with Crippen LogP contribution in [-0.2, 0) is 50.1 Å². The van der Waals surface area contributed by atoms with Crippen molar-refractivity contribution >= 4 is 0 Å². The second-order valence-electron chi connectivity index (χ2n) is 11.3. The minimum absolute atomic E-state index is 0.0841. The molecule has 0 amide bonds. The number of hydrogen-bond donors (Lipinski definition) is 1. The summed E-state index contributed by atoms with van der Waals surface area (Å²) in [5.74, 6) is -0.0841. The van der Waals surface area contributed by atoms with E-state index in [-0.39, 0.29) is 5.92 Å². The lowest BCUT2D eigenvalue weighted by molar-refractivity contribution is -0.338. The zero-order chi connectivity index (χ0) is 29.9. The third kappa shape index (κ3) is 8.83. The Hall–Kier alpha value is -3.36. The zero-order valence-corrected chi connectivity index (χ0v) is 24.9.